The predicted molar refractivity (Wildman–Crippen MR) is 211 cm³/mol. The van der Waals surface area contributed by atoms with E-state index in [1.807, 2.05) is 43.9 Å². The standard InChI is InChI=1S/C42H50F2N8O5/c1-25-20-51(21-26(2)46-25)40(54)57-30-16-28-9-4-8-27-10-5-15-55-39(53)49-41(3)11-6-13-50(23-41)37-32-19-45-35(31(17-30)33(27)28)34(44)36(32)47-38(48-37)56-24-42-12-7-14-52(42)22-29(43)18-42/h4,8-9,16-17,19,25-26,29,46H,5-7,10-15,18,20-24H2,1-3H3,(H,49,53)/t25?,26?,29-,41-,42+/m1/s1. The van der Waals surface area contributed by atoms with Gasteiger partial charge in [-0.05, 0) is 94.3 Å². The Morgan fingerprint density at radius 3 is 2.74 bits per heavy atom. The summed E-state index contributed by atoms with van der Waals surface area (Å²) in [6, 6.07) is 9.42. The van der Waals surface area contributed by atoms with Crippen molar-refractivity contribution in [2.75, 3.05) is 57.4 Å². The largest absolute Gasteiger partial charge is 0.461 e. The van der Waals surface area contributed by atoms with Gasteiger partial charge >= 0.3 is 18.2 Å². The summed E-state index contributed by atoms with van der Waals surface area (Å²) in [5.74, 6) is 0.0202. The summed E-state index contributed by atoms with van der Waals surface area (Å²) in [6.07, 6.45) is 4.27. The average Bonchev–Trinajstić information content (AvgIpc) is 3.70. The molecule has 15 heteroatoms. The Bertz CT molecular complexity index is 2220. The van der Waals surface area contributed by atoms with E-state index in [0.717, 1.165) is 42.1 Å². The highest BCUT2D eigenvalue weighted by Gasteiger charge is 2.49. The van der Waals surface area contributed by atoms with Crippen molar-refractivity contribution in [2.45, 2.75) is 95.1 Å². The molecule has 6 aliphatic rings. The zero-order valence-electron chi connectivity index (χ0n) is 32.8. The summed E-state index contributed by atoms with van der Waals surface area (Å²) >= 11 is 0. The monoisotopic (exact) mass is 784 g/mol. The minimum Gasteiger partial charge on any atom is -0.461 e. The molecule has 57 heavy (non-hydrogen) atoms. The number of nitrogens with zero attached hydrogens (tertiary/aromatic N) is 6. The molecule has 4 fully saturated rings. The van der Waals surface area contributed by atoms with E-state index < -0.39 is 35.3 Å². The minimum atomic E-state index is -0.937. The Hall–Kier alpha value is -4.89. The van der Waals surface area contributed by atoms with Crippen molar-refractivity contribution >= 4 is 39.7 Å². The minimum absolute atomic E-state index is 0.0117. The molecule has 6 aliphatic heterocycles. The van der Waals surface area contributed by atoms with Gasteiger partial charge in [-0.2, -0.15) is 9.97 Å². The van der Waals surface area contributed by atoms with E-state index >= 15 is 4.39 Å². The lowest BCUT2D eigenvalue weighted by atomic mass is 9.91. The molecule has 2 amide bonds. The number of fused-ring (bicyclic) bond motifs is 7. The zero-order valence-corrected chi connectivity index (χ0v) is 32.8. The third-order valence-corrected chi connectivity index (χ3v) is 12.4. The van der Waals surface area contributed by atoms with Crippen LogP contribution in [0.3, 0.4) is 0 Å². The molecule has 6 bridgehead atoms. The van der Waals surface area contributed by atoms with Crippen LogP contribution in [0.1, 0.15) is 64.9 Å². The second kappa shape index (κ2) is 14.8. The van der Waals surface area contributed by atoms with Gasteiger partial charge in [-0.1, -0.05) is 18.2 Å². The lowest BCUT2D eigenvalue weighted by Crippen LogP contribution is -2.57. The van der Waals surface area contributed by atoms with Crippen molar-refractivity contribution in [3.05, 3.63) is 47.9 Å². The Labute approximate surface area is 330 Å². The number of pyridine rings is 1. The van der Waals surface area contributed by atoms with Crippen molar-refractivity contribution < 1.29 is 32.6 Å². The van der Waals surface area contributed by atoms with Crippen LogP contribution in [-0.4, -0.2) is 119 Å². The number of carbonyl (C=O) groups excluding carboxylic acids is 2. The molecule has 2 N–H and O–H groups in total. The number of hydrogen-bond acceptors (Lipinski definition) is 11. The summed E-state index contributed by atoms with van der Waals surface area (Å²) in [7, 11) is 0. The van der Waals surface area contributed by atoms with E-state index in [9.17, 15) is 14.0 Å². The first-order valence-corrected chi connectivity index (χ1v) is 20.3. The van der Waals surface area contributed by atoms with Gasteiger partial charge in [0.15, 0.2) is 5.82 Å². The first kappa shape index (κ1) is 37.7. The Morgan fingerprint density at radius 2 is 1.89 bits per heavy atom. The number of piperazine rings is 1. The predicted octanol–water partition coefficient (Wildman–Crippen LogP) is 6.15. The van der Waals surface area contributed by atoms with Gasteiger partial charge in [0.05, 0.1) is 23.1 Å². The van der Waals surface area contributed by atoms with Crippen molar-refractivity contribution in [1.29, 1.82) is 0 Å². The smallest absolute Gasteiger partial charge is 0.415 e. The number of piperidine rings is 1. The third kappa shape index (κ3) is 7.28. The van der Waals surface area contributed by atoms with Crippen LogP contribution in [-0.2, 0) is 11.2 Å². The maximum Gasteiger partial charge on any atom is 0.415 e. The number of alkyl carbamates (subject to hydrolysis) is 1. The van der Waals surface area contributed by atoms with Crippen LogP contribution in [0, 0.1) is 5.82 Å². The summed E-state index contributed by atoms with van der Waals surface area (Å²) in [5, 5.41) is 8.38. The van der Waals surface area contributed by atoms with Crippen LogP contribution in [0.5, 0.6) is 11.8 Å². The van der Waals surface area contributed by atoms with Gasteiger partial charge in [-0.25, -0.2) is 18.4 Å². The van der Waals surface area contributed by atoms with Crippen molar-refractivity contribution in [3.63, 3.8) is 0 Å². The van der Waals surface area contributed by atoms with Crippen LogP contribution in [0.25, 0.3) is 32.9 Å². The molecule has 0 radical (unpaired) electrons. The molecular formula is C42H50F2N8O5. The summed E-state index contributed by atoms with van der Waals surface area (Å²) in [5.41, 5.74) is 0.265. The molecule has 0 aliphatic carbocycles. The fraction of sp³-hybridized carbons (Fsp3) is 0.548. The van der Waals surface area contributed by atoms with Crippen LogP contribution in [0.4, 0.5) is 24.2 Å². The number of benzene rings is 2. The number of aryl methyl sites for hydroxylation is 1. The fourth-order valence-electron chi connectivity index (χ4n) is 9.97. The van der Waals surface area contributed by atoms with E-state index in [1.54, 1.807) is 23.2 Å². The van der Waals surface area contributed by atoms with Gasteiger partial charge in [-0.3, -0.25) is 9.88 Å². The molecule has 13 nitrogen and oxygen atoms in total. The number of anilines is 1. The van der Waals surface area contributed by atoms with Crippen molar-refractivity contribution in [1.82, 2.24) is 35.4 Å². The quantitative estimate of drug-likeness (QED) is 0.247. The number of hydrogen-bond donors (Lipinski definition) is 2. The maximum absolute atomic E-state index is 17.6. The van der Waals surface area contributed by atoms with Gasteiger partial charge in [-0.15, -0.1) is 0 Å². The number of halogens is 2. The van der Waals surface area contributed by atoms with Gasteiger partial charge in [0.25, 0.3) is 0 Å². The number of nitrogens with one attached hydrogen (secondary N) is 2. The SMILES string of the molecule is CC1CN(C(=O)Oc2cc3c4c(cccc4c2)CCCOC(=O)N[C@]2(C)CCCN(C2)c2nc(OC[C@@]45CCCN4C[C@H](F)C5)nc4c(F)c-3ncc24)CC(C)N1. The third-order valence-electron chi connectivity index (χ3n) is 12.4. The second-order valence-corrected chi connectivity index (χ2v) is 17.1. The van der Waals surface area contributed by atoms with E-state index in [2.05, 4.69) is 15.5 Å². The van der Waals surface area contributed by atoms with E-state index in [-0.39, 0.29) is 48.3 Å². The number of rotatable bonds is 4. The topological polar surface area (TPSA) is 134 Å². The van der Waals surface area contributed by atoms with Gasteiger partial charge < -0.3 is 34.6 Å². The highest BCUT2D eigenvalue weighted by atomic mass is 19.1. The normalized spacial score (nSPS) is 28.0. The Kier molecular flexibility index (Phi) is 9.78. The molecule has 4 aromatic rings. The molecule has 0 saturated carbocycles. The molecule has 8 heterocycles. The number of carbonyl (C=O) groups is 2. The second-order valence-electron chi connectivity index (χ2n) is 17.1. The summed E-state index contributed by atoms with van der Waals surface area (Å²) in [6.45, 7) is 9.50. The van der Waals surface area contributed by atoms with E-state index in [0.29, 0.717) is 75.2 Å². The number of ether oxygens (including phenoxy) is 3. The number of alkyl halides is 1. The lowest BCUT2D eigenvalue weighted by molar-refractivity contribution is 0.107. The van der Waals surface area contributed by atoms with E-state index in [1.165, 1.54) is 0 Å². The van der Waals surface area contributed by atoms with Crippen molar-refractivity contribution in [2.24, 2.45) is 0 Å². The molecule has 2 aromatic carbocycles. The van der Waals surface area contributed by atoms with E-state index in [4.69, 9.17) is 29.2 Å². The molecule has 5 atom stereocenters. The molecular weight excluding hydrogens is 735 g/mol. The molecule has 2 unspecified atom stereocenters. The molecule has 302 valence electrons. The number of aromatic nitrogens is 3. The van der Waals surface area contributed by atoms with Crippen LogP contribution >= 0.6 is 0 Å². The van der Waals surface area contributed by atoms with Crippen LogP contribution < -0.4 is 25.0 Å². The first-order valence-electron chi connectivity index (χ1n) is 20.3. The average molecular weight is 785 g/mol. The van der Waals surface area contributed by atoms with Crippen LogP contribution in [0.15, 0.2) is 36.5 Å². The van der Waals surface area contributed by atoms with Gasteiger partial charge in [0.2, 0.25) is 0 Å². The fourth-order valence-corrected chi connectivity index (χ4v) is 9.97. The maximum atomic E-state index is 17.6. The highest BCUT2D eigenvalue weighted by Crippen LogP contribution is 2.42. The van der Waals surface area contributed by atoms with Gasteiger partial charge in [0, 0.05) is 63.0 Å². The van der Waals surface area contributed by atoms with Crippen molar-refractivity contribution in [3.8, 4) is 23.0 Å². The zero-order chi connectivity index (χ0) is 39.5. The Morgan fingerprint density at radius 1 is 1.07 bits per heavy atom. The highest BCUT2D eigenvalue weighted by molar-refractivity contribution is 6.02. The Balaban J connectivity index is 1.18. The number of amides is 2. The molecule has 0 spiro atoms. The summed E-state index contributed by atoms with van der Waals surface area (Å²) in [4.78, 5) is 46.9. The van der Waals surface area contributed by atoms with Crippen LogP contribution in [0.2, 0.25) is 0 Å². The molecule has 2 aromatic heterocycles. The summed E-state index contributed by atoms with van der Waals surface area (Å²) < 4.78 is 50.4. The first-order chi connectivity index (χ1) is 27.5. The van der Waals surface area contributed by atoms with Gasteiger partial charge in [0.1, 0.15) is 35.6 Å². The molecule has 10 rings (SSSR count). The molecule has 4 saturated heterocycles. The lowest BCUT2D eigenvalue weighted by Gasteiger charge is -2.41.